The molecule has 1 fully saturated rings. The van der Waals surface area contributed by atoms with Crippen molar-refractivity contribution in [2.75, 3.05) is 19.6 Å². The summed E-state index contributed by atoms with van der Waals surface area (Å²) in [5.41, 5.74) is 3.87. The molecular formula is C20H24N4S. The number of thiol groups is 1. The molecule has 1 aliphatic heterocycles. The highest BCUT2D eigenvalue weighted by molar-refractivity contribution is 7.80. The first-order chi connectivity index (χ1) is 12.1. The van der Waals surface area contributed by atoms with E-state index in [1.807, 2.05) is 25.1 Å². The van der Waals surface area contributed by atoms with Gasteiger partial charge in [-0.25, -0.2) is 9.97 Å². The number of hydrogen-bond acceptors (Lipinski definition) is 5. The zero-order valence-corrected chi connectivity index (χ0v) is 15.6. The van der Waals surface area contributed by atoms with Crippen molar-refractivity contribution in [3.8, 4) is 17.3 Å². The second-order valence-electron chi connectivity index (χ2n) is 6.74. The van der Waals surface area contributed by atoms with Crippen molar-refractivity contribution in [2.45, 2.75) is 43.9 Å². The molecule has 0 spiro atoms. The number of benzene rings is 1. The lowest BCUT2D eigenvalue weighted by atomic mass is 10.1. The predicted octanol–water partition coefficient (Wildman–Crippen LogP) is 4.03. The van der Waals surface area contributed by atoms with Crippen molar-refractivity contribution in [3.05, 3.63) is 41.3 Å². The Hall–Kier alpha value is -1.90. The fraction of sp³-hybridized carbons (Fsp3) is 0.450. The molecule has 1 aromatic carbocycles. The Labute approximate surface area is 155 Å². The highest BCUT2D eigenvalue weighted by atomic mass is 32.1. The molecule has 0 amide bonds. The molecule has 5 heteroatoms. The Bertz CT molecular complexity index is 756. The van der Waals surface area contributed by atoms with E-state index in [0.29, 0.717) is 0 Å². The highest BCUT2D eigenvalue weighted by Gasteiger charge is 2.11. The monoisotopic (exact) mass is 352 g/mol. The fourth-order valence-corrected chi connectivity index (χ4v) is 3.74. The highest BCUT2D eigenvalue weighted by Crippen LogP contribution is 2.23. The van der Waals surface area contributed by atoms with Crippen LogP contribution in [-0.4, -0.2) is 34.5 Å². The summed E-state index contributed by atoms with van der Waals surface area (Å²) in [6.07, 6.45) is 5.93. The maximum Gasteiger partial charge on any atom is 0.232 e. The van der Waals surface area contributed by atoms with Crippen molar-refractivity contribution in [1.29, 1.82) is 5.26 Å². The molecule has 1 saturated heterocycles. The maximum absolute atomic E-state index is 9.27. The maximum atomic E-state index is 9.27. The average molecular weight is 353 g/mol. The van der Waals surface area contributed by atoms with Gasteiger partial charge in [-0.15, -0.1) is 12.6 Å². The minimum absolute atomic E-state index is 0.243. The van der Waals surface area contributed by atoms with Crippen molar-refractivity contribution in [3.63, 3.8) is 0 Å². The van der Waals surface area contributed by atoms with E-state index in [-0.39, 0.29) is 5.82 Å². The quantitative estimate of drug-likeness (QED) is 0.826. The summed E-state index contributed by atoms with van der Waals surface area (Å²) in [5, 5.41) is 9.27. The normalized spacial score (nSPS) is 15.1. The van der Waals surface area contributed by atoms with Gasteiger partial charge in [0.15, 0.2) is 0 Å². The first-order valence-electron chi connectivity index (χ1n) is 8.95. The van der Waals surface area contributed by atoms with E-state index in [2.05, 4.69) is 39.6 Å². The standard InChI is InChI=1S/C20H24N4S/c1-15-10-16(12-18(25)11-15)19-13-17(22-20(14-21)23-19)6-5-9-24-7-3-2-4-8-24/h10-13,25H,2-9H2,1H3. The van der Waals surface area contributed by atoms with E-state index in [0.717, 1.165) is 46.8 Å². The lowest BCUT2D eigenvalue weighted by Crippen LogP contribution is -2.30. The topological polar surface area (TPSA) is 52.8 Å². The van der Waals surface area contributed by atoms with Gasteiger partial charge in [-0.05, 0) is 82.1 Å². The summed E-state index contributed by atoms with van der Waals surface area (Å²) in [7, 11) is 0. The summed E-state index contributed by atoms with van der Waals surface area (Å²) in [4.78, 5) is 12.2. The Morgan fingerprint density at radius 2 is 1.92 bits per heavy atom. The second-order valence-corrected chi connectivity index (χ2v) is 7.26. The van der Waals surface area contributed by atoms with Crippen LogP contribution in [-0.2, 0) is 6.42 Å². The molecule has 0 aliphatic carbocycles. The third-order valence-electron chi connectivity index (χ3n) is 4.59. The zero-order valence-electron chi connectivity index (χ0n) is 14.7. The average Bonchev–Trinajstić information content (AvgIpc) is 2.61. The third-order valence-corrected chi connectivity index (χ3v) is 4.85. The number of hydrogen-bond donors (Lipinski definition) is 1. The Kier molecular flexibility index (Phi) is 6.06. The summed E-state index contributed by atoms with van der Waals surface area (Å²) in [5.74, 6) is 0.243. The molecule has 2 heterocycles. The SMILES string of the molecule is Cc1cc(S)cc(-c2cc(CCCN3CCCCC3)nc(C#N)n2)c1. The molecule has 0 atom stereocenters. The molecule has 0 N–H and O–H groups in total. The lowest BCUT2D eigenvalue weighted by molar-refractivity contribution is 0.226. The van der Waals surface area contributed by atoms with Crippen LogP contribution >= 0.6 is 12.6 Å². The Morgan fingerprint density at radius 3 is 2.64 bits per heavy atom. The molecule has 0 bridgehead atoms. The van der Waals surface area contributed by atoms with Crippen LogP contribution in [0.15, 0.2) is 29.2 Å². The molecule has 1 aromatic heterocycles. The largest absolute Gasteiger partial charge is 0.303 e. The van der Waals surface area contributed by atoms with E-state index in [1.165, 1.54) is 32.4 Å². The third kappa shape index (κ3) is 5.04. The van der Waals surface area contributed by atoms with Gasteiger partial charge in [0.1, 0.15) is 6.07 Å². The number of nitriles is 1. The molecule has 0 radical (unpaired) electrons. The van der Waals surface area contributed by atoms with Crippen LogP contribution in [0.2, 0.25) is 0 Å². The zero-order chi connectivity index (χ0) is 17.6. The van der Waals surface area contributed by atoms with Crippen LogP contribution in [0.4, 0.5) is 0 Å². The minimum atomic E-state index is 0.243. The number of rotatable bonds is 5. The van der Waals surface area contributed by atoms with Crippen LogP contribution < -0.4 is 0 Å². The summed E-state index contributed by atoms with van der Waals surface area (Å²) < 4.78 is 0. The Balaban J connectivity index is 1.74. The molecular weight excluding hydrogens is 328 g/mol. The van der Waals surface area contributed by atoms with Crippen molar-refractivity contribution in [1.82, 2.24) is 14.9 Å². The minimum Gasteiger partial charge on any atom is -0.303 e. The molecule has 0 saturated carbocycles. The predicted molar refractivity (Wildman–Crippen MR) is 103 cm³/mol. The van der Waals surface area contributed by atoms with Gasteiger partial charge in [0.05, 0.1) is 5.69 Å². The lowest BCUT2D eigenvalue weighted by Gasteiger charge is -2.26. The molecule has 0 unspecified atom stereocenters. The van der Waals surface area contributed by atoms with E-state index < -0.39 is 0 Å². The van der Waals surface area contributed by atoms with Crippen LogP contribution in [0.3, 0.4) is 0 Å². The van der Waals surface area contributed by atoms with E-state index >= 15 is 0 Å². The van der Waals surface area contributed by atoms with Gasteiger partial charge < -0.3 is 4.90 Å². The number of aromatic nitrogens is 2. The van der Waals surface area contributed by atoms with Crippen LogP contribution in [0.5, 0.6) is 0 Å². The second kappa shape index (κ2) is 8.46. The van der Waals surface area contributed by atoms with Gasteiger partial charge in [-0.2, -0.15) is 5.26 Å². The van der Waals surface area contributed by atoms with Crippen LogP contribution in [0, 0.1) is 18.3 Å². The van der Waals surface area contributed by atoms with Crippen LogP contribution in [0.25, 0.3) is 11.3 Å². The number of likely N-dealkylation sites (tertiary alicyclic amines) is 1. The first kappa shape index (κ1) is 17.9. The van der Waals surface area contributed by atoms with Crippen molar-refractivity contribution in [2.24, 2.45) is 0 Å². The van der Waals surface area contributed by atoms with E-state index in [9.17, 15) is 5.26 Å². The molecule has 4 nitrogen and oxygen atoms in total. The Morgan fingerprint density at radius 1 is 1.12 bits per heavy atom. The van der Waals surface area contributed by atoms with Gasteiger partial charge in [0.2, 0.25) is 5.82 Å². The smallest absolute Gasteiger partial charge is 0.232 e. The molecule has 2 aromatic rings. The molecule has 25 heavy (non-hydrogen) atoms. The van der Waals surface area contributed by atoms with E-state index in [4.69, 9.17) is 0 Å². The van der Waals surface area contributed by atoms with Gasteiger partial charge in [-0.1, -0.05) is 6.42 Å². The van der Waals surface area contributed by atoms with Gasteiger partial charge in [0, 0.05) is 16.2 Å². The molecule has 130 valence electrons. The molecule has 3 rings (SSSR count). The van der Waals surface area contributed by atoms with Crippen molar-refractivity contribution < 1.29 is 0 Å². The van der Waals surface area contributed by atoms with Gasteiger partial charge >= 0.3 is 0 Å². The summed E-state index contributed by atoms with van der Waals surface area (Å²) >= 11 is 4.45. The summed E-state index contributed by atoms with van der Waals surface area (Å²) in [6.45, 7) is 5.57. The number of nitrogens with zero attached hydrogens (tertiary/aromatic N) is 4. The number of aryl methyl sites for hydroxylation is 2. The van der Waals surface area contributed by atoms with Crippen molar-refractivity contribution >= 4 is 12.6 Å². The summed E-state index contributed by atoms with van der Waals surface area (Å²) in [6, 6.07) is 10.2. The number of piperidine rings is 1. The first-order valence-corrected chi connectivity index (χ1v) is 9.40. The van der Waals surface area contributed by atoms with E-state index in [1.54, 1.807) is 0 Å². The van der Waals surface area contributed by atoms with Crippen LogP contribution in [0.1, 0.15) is 42.8 Å². The molecule has 1 aliphatic rings. The fourth-order valence-electron chi connectivity index (χ4n) is 3.40. The van der Waals surface area contributed by atoms with Gasteiger partial charge in [0.25, 0.3) is 0 Å². The van der Waals surface area contributed by atoms with Gasteiger partial charge in [-0.3, -0.25) is 0 Å².